The molecule has 1 saturated heterocycles. The highest BCUT2D eigenvalue weighted by Crippen LogP contribution is 2.31. The molecule has 0 N–H and O–H groups in total. The lowest BCUT2D eigenvalue weighted by atomic mass is 10.0. The van der Waals surface area contributed by atoms with Crippen molar-refractivity contribution in [1.29, 1.82) is 0 Å². The Labute approximate surface area is 206 Å². The van der Waals surface area contributed by atoms with Gasteiger partial charge < -0.3 is 9.30 Å². The maximum Gasteiger partial charge on any atom is 0.414 e. The van der Waals surface area contributed by atoms with Gasteiger partial charge in [-0.2, -0.15) is 0 Å². The molecule has 1 aliphatic rings. The monoisotopic (exact) mass is 489 g/mol. The lowest BCUT2D eigenvalue weighted by Crippen LogP contribution is -2.26. The summed E-state index contributed by atoms with van der Waals surface area (Å²) in [6.45, 7) is 2.70. The fourth-order valence-electron chi connectivity index (χ4n) is 4.27. The minimum absolute atomic E-state index is 0.0613. The number of aryl methyl sites for hydroxylation is 1. The smallest absolute Gasteiger partial charge is 0.414 e. The lowest BCUT2D eigenvalue weighted by Gasteiger charge is -2.15. The van der Waals surface area contributed by atoms with E-state index < -0.39 is 18.0 Å². The second-order valence-corrected chi connectivity index (χ2v) is 8.45. The van der Waals surface area contributed by atoms with Gasteiger partial charge in [-0.1, -0.05) is 18.2 Å². The number of hydrogen-bond acceptors (Lipinski definition) is 7. The Balaban J connectivity index is 1.36. The summed E-state index contributed by atoms with van der Waals surface area (Å²) in [5.74, 6) is -0.00151. The number of Topliss-reactive ketones (excluding diaryl/α,β-unsaturated/α-hetero) is 1. The number of anilines is 1. The molecule has 3 aromatic heterocycles. The van der Waals surface area contributed by atoms with E-state index in [4.69, 9.17) is 4.74 Å². The van der Waals surface area contributed by atoms with Gasteiger partial charge in [0.25, 0.3) is 0 Å². The maximum absolute atomic E-state index is 15.3. The van der Waals surface area contributed by atoms with Crippen LogP contribution in [0.5, 0.6) is 0 Å². The largest absolute Gasteiger partial charge is 0.442 e. The molecule has 4 aromatic rings. The fraction of sp³-hybridized carbons (Fsp3) is 0.280. The summed E-state index contributed by atoms with van der Waals surface area (Å²) in [6.07, 6.45) is 8.81. The number of cyclic esters (lactones) is 1. The van der Waals surface area contributed by atoms with Gasteiger partial charge >= 0.3 is 6.09 Å². The number of amides is 1. The number of rotatable bonds is 9. The molecule has 1 amide bonds. The van der Waals surface area contributed by atoms with Gasteiger partial charge in [-0.15, -0.1) is 5.10 Å². The molecule has 4 heterocycles. The predicted octanol–water partition coefficient (Wildman–Crippen LogP) is 3.54. The average molecular weight is 490 g/mol. The number of nitrogens with zero attached hydrogens (tertiary/aromatic N) is 7. The molecular weight excluding hydrogens is 465 g/mol. The van der Waals surface area contributed by atoms with Crippen LogP contribution >= 0.6 is 0 Å². The quantitative estimate of drug-likeness (QED) is 0.331. The first kappa shape index (κ1) is 23.3. The van der Waals surface area contributed by atoms with Gasteiger partial charge in [0, 0.05) is 42.3 Å². The first-order valence-corrected chi connectivity index (χ1v) is 11.6. The molecular formula is C25H24FN7O3. The van der Waals surface area contributed by atoms with Crippen molar-refractivity contribution in [3.05, 3.63) is 78.7 Å². The number of benzene rings is 1. The minimum atomic E-state index is -0.573. The summed E-state index contributed by atoms with van der Waals surface area (Å²) < 4.78 is 24.1. The molecule has 36 heavy (non-hydrogen) atoms. The number of ether oxygens (including phenoxy) is 1. The third-order valence-electron chi connectivity index (χ3n) is 5.95. The Morgan fingerprint density at radius 1 is 1.14 bits per heavy atom. The Morgan fingerprint density at radius 2 is 2.03 bits per heavy atom. The number of imidazole rings is 1. The molecule has 0 unspecified atom stereocenters. The van der Waals surface area contributed by atoms with Gasteiger partial charge in [0.15, 0.2) is 0 Å². The molecule has 0 bridgehead atoms. The van der Waals surface area contributed by atoms with E-state index in [0.717, 1.165) is 18.7 Å². The van der Waals surface area contributed by atoms with Crippen LogP contribution in [-0.2, 0) is 24.2 Å². The number of halogens is 1. The second-order valence-electron chi connectivity index (χ2n) is 8.45. The van der Waals surface area contributed by atoms with Crippen LogP contribution in [0.3, 0.4) is 0 Å². The normalized spacial score (nSPS) is 15.3. The van der Waals surface area contributed by atoms with E-state index in [2.05, 4.69) is 20.3 Å². The van der Waals surface area contributed by atoms with Crippen LogP contribution in [0.2, 0.25) is 0 Å². The van der Waals surface area contributed by atoms with Gasteiger partial charge in [-0.05, 0) is 30.7 Å². The predicted molar refractivity (Wildman–Crippen MR) is 128 cm³/mol. The highest BCUT2D eigenvalue weighted by atomic mass is 19.1. The number of aromatic nitrogens is 6. The van der Waals surface area contributed by atoms with Gasteiger partial charge in [0.1, 0.15) is 23.4 Å². The van der Waals surface area contributed by atoms with Crippen LogP contribution in [0.15, 0.2) is 61.3 Å². The van der Waals surface area contributed by atoms with Crippen molar-refractivity contribution in [3.63, 3.8) is 0 Å². The third kappa shape index (κ3) is 4.72. The van der Waals surface area contributed by atoms with Crippen LogP contribution < -0.4 is 4.90 Å². The van der Waals surface area contributed by atoms with Crippen molar-refractivity contribution in [3.8, 4) is 11.1 Å². The van der Waals surface area contributed by atoms with Gasteiger partial charge in [0.2, 0.25) is 5.78 Å². The van der Waals surface area contributed by atoms with Crippen molar-refractivity contribution in [2.75, 3.05) is 11.4 Å². The first-order chi connectivity index (χ1) is 17.5. The van der Waals surface area contributed by atoms with E-state index in [9.17, 15) is 9.59 Å². The molecule has 0 radical (unpaired) electrons. The molecule has 1 fully saturated rings. The average Bonchev–Trinajstić information content (AvgIpc) is 3.62. The zero-order valence-corrected chi connectivity index (χ0v) is 19.6. The summed E-state index contributed by atoms with van der Waals surface area (Å²) in [7, 11) is 0. The Hall–Kier alpha value is -4.41. The van der Waals surface area contributed by atoms with E-state index in [1.807, 2.05) is 6.92 Å². The number of pyridine rings is 1. The van der Waals surface area contributed by atoms with Crippen LogP contribution in [0.25, 0.3) is 11.1 Å². The van der Waals surface area contributed by atoms with E-state index in [1.165, 1.54) is 17.2 Å². The SMILES string of the molecule is CCCc1nccn1CC(=O)c1ncccc1-c1ccc(N2C[C@H](Cn3ccnn3)OC2=O)cc1F. The van der Waals surface area contributed by atoms with E-state index in [-0.39, 0.29) is 30.1 Å². The van der Waals surface area contributed by atoms with Crippen molar-refractivity contribution in [2.45, 2.75) is 39.0 Å². The summed E-state index contributed by atoms with van der Waals surface area (Å²) >= 11 is 0. The van der Waals surface area contributed by atoms with E-state index in [1.54, 1.807) is 58.3 Å². The maximum atomic E-state index is 15.3. The van der Waals surface area contributed by atoms with E-state index in [0.29, 0.717) is 17.8 Å². The van der Waals surface area contributed by atoms with Gasteiger partial charge in [-0.3, -0.25) is 14.7 Å². The zero-order valence-electron chi connectivity index (χ0n) is 19.6. The third-order valence-corrected chi connectivity index (χ3v) is 5.95. The molecule has 0 spiro atoms. The second kappa shape index (κ2) is 10.1. The van der Waals surface area contributed by atoms with Crippen LogP contribution in [0, 0.1) is 5.82 Å². The minimum Gasteiger partial charge on any atom is -0.442 e. The van der Waals surface area contributed by atoms with Crippen molar-refractivity contribution in [2.24, 2.45) is 0 Å². The highest BCUT2D eigenvalue weighted by Gasteiger charge is 2.33. The standard InChI is InChI=1S/C25H24FN7O3/c1-2-4-23-27-9-11-31(23)16-22(34)24-20(5-3-8-28-24)19-7-6-17(13-21(19)26)33-15-18(36-25(33)35)14-32-12-10-29-30-32/h3,5-13,18H,2,4,14-16H2,1H3/t18-/m0/s1. The molecule has 11 heteroatoms. The Bertz CT molecular complexity index is 1390. The van der Waals surface area contributed by atoms with Gasteiger partial charge in [0.05, 0.1) is 31.5 Å². The molecule has 1 aromatic carbocycles. The Kier molecular flexibility index (Phi) is 6.52. The zero-order chi connectivity index (χ0) is 25.1. The van der Waals surface area contributed by atoms with Crippen LogP contribution in [0.1, 0.15) is 29.7 Å². The first-order valence-electron chi connectivity index (χ1n) is 11.6. The van der Waals surface area contributed by atoms with Crippen molar-refractivity contribution < 1.29 is 18.7 Å². The number of ketones is 1. The van der Waals surface area contributed by atoms with E-state index >= 15 is 4.39 Å². The summed E-state index contributed by atoms with van der Waals surface area (Å²) in [6, 6.07) is 7.78. The molecule has 0 aliphatic carbocycles. The summed E-state index contributed by atoms with van der Waals surface area (Å²) in [5, 5.41) is 7.62. The van der Waals surface area contributed by atoms with Crippen molar-refractivity contribution >= 4 is 17.6 Å². The number of carbonyl (C=O) groups is 2. The molecule has 184 valence electrons. The van der Waals surface area contributed by atoms with Gasteiger partial charge in [-0.25, -0.2) is 18.9 Å². The number of hydrogen-bond donors (Lipinski definition) is 0. The topological polar surface area (TPSA) is 108 Å². The van der Waals surface area contributed by atoms with Crippen LogP contribution in [-0.4, -0.2) is 54.1 Å². The summed E-state index contributed by atoms with van der Waals surface area (Å²) in [4.78, 5) is 35.5. The summed E-state index contributed by atoms with van der Waals surface area (Å²) in [5.41, 5.74) is 1.15. The highest BCUT2D eigenvalue weighted by molar-refractivity contribution is 6.00. The fourth-order valence-corrected chi connectivity index (χ4v) is 4.27. The molecule has 10 nitrogen and oxygen atoms in total. The van der Waals surface area contributed by atoms with Crippen molar-refractivity contribution in [1.82, 2.24) is 29.5 Å². The van der Waals surface area contributed by atoms with Crippen LogP contribution in [0.4, 0.5) is 14.9 Å². The molecule has 1 atom stereocenters. The lowest BCUT2D eigenvalue weighted by molar-refractivity contribution is 0.0966. The molecule has 5 rings (SSSR count). The number of carbonyl (C=O) groups excluding carboxylic acids is 2. The molecule has 1 aliphatic heterocycles. The molecule has 0 saturated carbocycles. The Morgan fingerprint density at radius 3 is 2.81 bits per heavy atom.